The topological polar surface area (TPSA) is 84.5 Å². The lowest BCUT2D eigenvalue weighted by molar-refractivity contribution is -0.144. The van der Waals surface area contributed by atoms with E-state index in [1.54, 1.807) is 0 Å². The number of nitrogens with zero attached hydrogens (tertiary/aromatic N) is 1. The van der Waals surface area contributed by atoms with Crippen molar-refractivity contribution in [2.45, 2.75) is 187 Å². The van der Waals surface area contributed by atoms with Gasteiger partial charge in [0.1, 0.15) is 0 Å². The van der Waals surface area contributed by atoms with Gasteiger partial charge < -0.3 is 31.9 Å². The number of alkyl halides is 12. The van der Waals surface area contributed by atoms with Crippen LogP contribution in [-0.4, -0.2) is 47.9 Å². The summed E-state index contributed by atoms with van der Waals surface area (Å²) in [5.74, 6) is 0.289. The molecule has 70 heavy (non-hydrogen) atoms. The molecule has 6 N–H and O–H groups in total. The molecule has 0 unspecified atom stereocenters. The van der Waals surface area contributed by atoms with Crippen LogP contribution in [0.2, 0.25) is 0 Å². The highest BCUT2D eigenvalue weighted by molar-refractivity contribution is 7.80. The standard InChI is InChI=1S/C49H73F12N7S2/c1-6-7-8-9-10-11-12-13-14-15-16-17-18-19-20-21-24-62-43(63-25-22-41(33(2)3)67-44(69)65-39-29-35(46(50,51)52)27-36(30-39)47(53,54)55)64-26-23-42(34(4)5)68-45(70)66-40-31-37(48(56,57)58)28-38(32-40)49(59,60)61/h27-34,41-42H,6-26H2,1-5H3,(H2,62,63,64)(H2,65,67,69)(H2,66,68,70)/t41-,42-/m1/s1. The lowest BCUT2D eigenvalue weighted by Crippen LogP contribution is -2.46. The normalized spacial score (nSPS) is 13.2. The Hall–Kier alpha value is -3.75. The van der Waals surface area contributed by atoms with E-state index < -0.39 is 58.3 Å². The summed E-state index contributed by atoms with van der Waals surface area (Å²) < 4.78 is 162. The van der Waals surface area contributed by atoms with Crippen molar-refractivity contribution in [1.82, 2.24) is 21.3 Å². The van der Waals surface area contributed by atoms with Crippen molar-refractivity contribution in [3.63, 3.8) is 0 Å². The first-order chi connectivity index (χ1) is 32.7. The van der Waals surface area contributed by atoms with E-state index in [4.69, 9.17) is 29.4 Å². The fraction of sp³-hybridized carbons (Fsp3) is 0.694. The third-order valence-corrected chi connectivity index (χ3v) is 12.2. The molecule has 0 aliphatic rings. The average Bonchev–Trinajstić information content (AvgIpc) is 3.24. The molecule has 0 fully saturated rings. The van der Waals surface area contributed by atoms with Gasteiger partial charge in [-0.25, -0.2) is 0 Å². The molecular formula is C49H73F12N7S2. The Morgan fingerprint density at radius 1 is 0.457 bits per heavy atom. The molecular weight excluding hydrogens is 979 g/mol. The highest BCUT2D eigenvalue weighted by atomic mass is 32.1. The number of unbranched alkanes of at least 4 members (excludes halogenated alkanes) is 15. The van der Waals surface area contributed by atoms with Gasteiger partial charge in [0.2, 0.25) is 0 Å². The zero-order valence-electron chi connectivity index (χ0n) is 40.9. The van der Waals surface area contributed by atoms with Gasteiger partial charge in [0.05, 0.1) is 22.3 Å². The van der Waals surface area contributed by atoms with E-state index >= 15 is 0 Å². The maximum absolute atomic E-state index is 13.5. The first-order valence-corrected chi connectivity index (χ1v) is 25.3. The largest absolute Gasteiger partial charge is 0.416 e. The molecule has 21 heteroatoms. The van der Waals surface area contributed by atoms with Crippen molar-refractivity contribution in [2.24, 2.45) is 16.8 Å². The van der Waals surface area contributed by atoms with Gasteiger partial charge in [0, 0.05) is 43.1 Å². The predicted molar refractivity (Wildman–Crippen MR) is 266 cm³/mol. The summed E-state index contributed by atoms with van der Waals surface area (Å²) >= 11 is 10.6. The summed E-state index contributed by atoms with van der Waals surface area (Å²) in [5.41, 5.74) is -6.89. The first kappa shape index (κ1) is 62.4. The van der Waals surface area contributed by atoms with Gasteiger partial charge in [-0.15, -0.1) is 0 Å². The summed E-state index contributed by atoms with van der Waals surface area (Å²) in [6.07, 6.45) is 0.186. The molecule has 0 saturated heterocycles. The molecule has 400 valence electrons. The van der Waals surface area contributed by atoms with Gasteiger partial charge >= 0.3 is 24.7 Å². The number of thiocarbonyl (C=S) groups is 2. The average molecular weight is 1050 g/mol. The van der Waals surface area contributed by atoms with Crippen LogP contribution in [0.15, 0.2) is 41.4 Å². The zero-order valence-corrected chi connectivity index (χ0v) is 42.6. The summed E-state index contributed by atoms with van der Waals surface area (Å²) in [6.45, 7) is 10.9. The molecule has 0 spiro atoms. The fourth-order valence-corrected chi connectivity index (χ4v) is 8.13. The minimum Gasteiger partial charge on any atom is -0.359 e. The highest BCUT2D eigenvalue weighted by Gasteiger charge is 2.38. The van der Waals surface area contributed by atoms with E-state index in [1.807, 2.05) is 27.7 Å². The zero-order chi connectivity index (χ0) is 52.5. The van der Waals surface area contributed by atoms with E-state index in [9.17, 15) is 52.7 Å². The van der Waals surface area contributed by atoms with Crippen molar-refractivity contribution in [3.05, 3.63) is 58.7 Å². The highest BCUT2D eigenvalue weighted by Crippen LogP contribution is 2.39. The number of anilines is 2. The second-order valence-electron chi connectivity index (χ2n) is 18.5. The van der Waals surface area contributed by atoms with E-state index in [-0.39, 0.29) is 46.3 Å². The summed E-state index contributed by atoms with van der Waals surface area (Å²) in [4.78, 5) is 4.77. The van der Waals surface area contributed by atoms with Crippen LogP contribution in [0.5, 0.6) is 0 Å². The number of hydrogen-bond acceptors (Lipinski definition) is 3. The molecule has 0 aliphatic carbocycles. The lowest BCUT2D eigenvalue weighted by atomic mass is 10.0. The van der Waals surface area contributed by atoms with E-state index in [1.165, 1.54) is 77.0 Å². The molecule has 2 rings (SSSR count). The molecule has 0 amide bonds. The van der Waals surface area contributed by atoms with Crippen LogP contribution in [0, 0.1) is 11.8 Å². The van der Waals surface area contributed by atoms with Gasteiger partial charge in [-0.05, 0) is 91.9 Å². The molecule has 2 aromatic rings. The van der Waals surface area contributed by atoms with Crippen LogP contribution in [0.3, 0.4) is 0 Å². The van der Waals surface area contributed by atoms with Crippen molar-refractivity contribution in [3.8, 4) is 0 Å². The second-order valence-corrected chi connectivity index (χ2v) is 19.3. The van der Waals surface area contributed by atoms with Crippen LogP contribution in [0.25, 0.3) is 0 Å². The number of halogens is 12. The Kier molecular flexibility index (Phi) is 27.6. The molecule has 0 bridgehead atoms. The third-order valence-electron chi connectivity index (χ3n) is 11.7. The maximum atomic E-state index is 13.5. The monoisotopic (exact) mass is 1050 g/mol. The van der Waals surface area contributed by atoms with Crippen molar-refractivity contribution < 1.29 is 52.7 Å². The molecule has 0 radical (unpaired) electrons. The van der Waals surface area contributed by atoms with E-state index in [2.05, 4.69) is 38.8 Å². The number of guanidine groups is 1. The van der Waals surface area contributed by atoms with Gasteiger partial charge in [-0.1, -0.05) is 131 Å². The number of hydrogen-bond donors (Lipinski definition) is 6. The number of nitrogens with one attached hydrogen (secondary N) is 6. The molecule has 2 aromatic carbocycles. The fourth-order valence-electron chi connectivity index (χ4n) is 7.59. The molecule has 7 nitrogen and oxygen atoms in total. The van der Waals surface area contributed by atoms with Crippen molar-refractivity contribution in [2.75, 3.05) is 30.3 Å². The van der Waals surface area contributed by atoms with Gasteiger partial charge in [-0.3, -0.25) is 4.99 Å². The van der Waals surface area contributed by atoms with Crippen LogP contribution in [-0.2, 0) is 24.7 Å². The van der Waals surface area contributed by atoms with Crippen LogP contribution >= 0.6 is 24.4 Å². The first-order valence-electron chi connectivity index (χ1n) is 24.5. The quantitative estimate of drug-likeness (QED) is 0.0158. The van der Waals surface area contributed by atoms with E-state index in [0.29, 0.717) is 62.7 Å². The number of benzene rings is 2. The molecule has 0 saturated carbocycles. The smallest absolute Gasteiger partial charge is 0.359 e. The molecule has 2 atom stereocenters. The van der Waals surface area contributed by atoms with Crippen molar-refractivity contribution >= 4 is 52.0 Å². The Balaban J connectivity index is 2.05. The maximum Gasteiger partial charge on any atom is 0.416 e. The summed E-state index contributed by atoms with van der Waals surface area (Å²) in [6, 6.07) is 1.51. The molecule has 0 aliphatic heterocycles. The Morgan fingerprint density at radius 2 is 0.743 bits per heavy atom. The summed E-state index contributed by atoms with van der Waals surface area (Å²) in [7, 11) is 0. The van der Waals surface area contributed by atoms with Gasteiger partial charge in [0.25, 0.3) is 0 Å². The van der Waals surface area contributed by atoms with Crippen LogP contribution < -0.4 is 31.9 Å². The Labute approximate surface area is 417 Å². The van der Waals surface area contributed by atoms with Gasteiger partial charge in [-0.2, -0.15) is 52.7 Å². The molecule has 0 aromatic heterocycles. The second kappa shape index (κ2) is 31.0. The Morgan fingerprint density at radius 3 is 1.01 bits per heavy atom. The minimum absolute atomic E-state index is 0.0345. The van der Waals surface area contributed by atoms with Gasteiger partial charge in [0.15, 0.2) is 16.2 Å². The summed E-state index contributed by atoms with van der Waals surface area (Å²) in [5, 5.41) is 17.2. The van der Waals surface area contributed by atoms with E-state index in [0.717, 1.165) is 25.7 Å². The SMILES string of the molecule is CCCCCCCCCCCCCCCCCCN=C(NCC[C@@H](NC(=S)Nc1cc(C(F)(F)F)cc(C(F)(F)F)c1)C(C)C)NCC[C@@H](NC(=S)Nc1cc(C(F)(F)F)cc(C(F)(F)F)c1)C(C)C. The minimum atomic E-state index is -5.03. The lowest BCUT2D eigenvalue weighted by Gasteiger charge is -2.26. The number of aliphatic imine (C=N–C) groups is 1. The van der Waals surface area contributed by atoms with Crippen LogP contribution in [0.1, 0.15) is 172 Å². The Bertz CT molecular complexity index is 1690. The molecule has 0 heterocycles. The van der Waals surface area contributed by atoms with Crippen molar-refractivity contribution in [1.29, 1.82) is 0 Å². The number of rotatable bonds is 29. The van der Waals surface area contributed by atoms with Crippen LogP contribution in [0.4, 0.5) is 64.1 Å². The third kappa shape index (κ3) is 26.1. The predicted octanol–water partition coefficient (Wildman–Crippen LogP) is 15.7.